The summed E-state index contributed by atoms with van der Waals surface area (Å²) in [6, 6.07) is 8.71. The lowest BCUT2D eigenvalue weighted by Gasteiger charge is -2.04. The van der Waals surface area contributed by atoms with Gasteiger partial charge in [-0.3, -0.25) is 14.1 Å². The number of phenols is 1. The minimum Gasteiger partial charge on any atom is -0.508 e. The number of phenolic OH excluding ortho intramolecular Hbond substituents is 1. The second-order valence-electron chi connectivity index (χ2n) is 3.28. The minimum atomic E-state index is -4.84. The molecule has 1 atom stereocenters. The Balaban J connectivity index is 0.000000388. The van der Waals surface area contributed by atoms with E-state index in [4.69, 9.17) is 19.9 Å². The van der Waals surface area contributed by atoms with E-state index in [0.717, 1.165) is 0 Å². The fourth-order valence-corrected chi connectivity index (χ4v) is 1.51. The third kappa shape index (κ3) is 7.73. The zero-order chi connectivity index (χ0) is 15.1. The maximum Gasteiger partial charge on any atom is 0.325 e. The molecule has 0 aliphatic rings. The SMILES string of the molecule is O=C(O)CC(C(=O)O)S(=O)(=O)O.Oc1ccccc1. The van der Waals surface area contributed by atoms with E-state index in [9.17, 15) is 18.0 Å². The smallest absolute Gasteiger partial charge is 0.325 e. The molecule has 0 heterocycles. The van der Waals surface area contributed by atoms with Gasteiger partial charge in [0.05, 0.1) is 6.42 Å². The molecule has 19 heavy (non-hydrogen) atoms. The maximum absolute atomic E-state index is 10.2. The number of carbonyl (C=O) groups is 2. The first-order valence-corrected chi connectivity index (χ1v) is 6.30. The molecule has 0 radical (unpaired) electrons. The Labute approximate surface area is 108 Å². The molecule has 1 unspecified atom stereocenters. The lowest BCUT2D eigenvalue weighted by atomic mass is 10.3. The average Bonchev–Trinajstić information content (AvgIpc) is 2.26. The van der Waals surface area contributed by atoms with Crippen molar-refractivity contribution in [1.29, 1.82) is 0 Å². The van der Waals surface area contributed by atoms with Crippen molar-refractivity contribution in [3.63, 3.8) is 0 Å². The molecular weight excluding hydrogens is 280 g/mol. The van der Waals surface area contributed by atoms with Gasteiger partial charge in [0.15, 0.2) is 5.25 Å². The average molecular weight is 292 g/mol. The predicted octanol–water partition coefficient (Wildman–Crippen LogP) is 0.194. The fraction of sp³-hybridized carbons (Fsp3) is 0.200. The number of benzene rings is 1. The fourth-order valence-electron chi connectivity index (χ4n) is 0.907. The van der Waals surface area contributed by atoms with Gasteiger partial charge in [-0.15, -0.1) is 0 Å². The summed E-state index contributed by atoms with van der Waals surface area (Å²) in [7, 11) is -4.84. The molecular formula is C10H12O8S. The summed E-state index contributed by atoms with van der Waals surface area (Å²) in [5.74, 6) is -3.18. The first kappa shape index (κ1) is 16.9. The highest BCUT2D eigenvalue weighted by Gasteiger charge is 2.33. The monoisotopic (exact) mass is 292 g/mol. The van der Waals surface area contributed by atoms with E-state index in [2.05, 4.69) is 0 Å². The number of carboxylic acid groups (broad SMARTS) is 2. The van der Waals surface area contributed by atoms with E-state index >= 15 is 0 Å². The molecule has 0 spiro atoms. The van der Waals surface area contributed by atoms with Crippen LogP contribution in [0.3, 0.4) is 0 Å². The second kappa shape index (κ2) is 7.34. The van der Waals surface area contributed by atoms with E-state index in [1.807, 2.05) is 6.07 Å². The Bertz CT molecular complexity index is 522. The van der Waals surface area contributed by atoms with Gasteiger partial charge in [-0.2, -0.15) is 8.42 Å². The normalized spacial score (nSPS) is 11.8. The number of hydrogen-bond donors (Lipinski definition) is 4. The van der Waals surface area contributed by atoms with E-state index < -0.39 is 33.7 Å². The lowest BCUT2D eigenvalue weighted by molar-refractivity contribution is -0.143. The van der Waals surface area contributed by atoms with Crippen LogP contribution in [0.4, 0.5) is 0 Å². The molecule has 0 bridgehead atoms. The molecule has 9 heteroatoms. The second-order valence-corrected chi connectivity index (χ2v) is 4.87. The van der Waals surface area contributed by atoms with E-state index in [1.54, 1.807) is 24.3 Å². The Hall–Kier alpha value is -2.13. The minimum absolute atomic E-state index is 0.322. The van der Waals surface area contributed by atoms with Crippen molar-refractivity contribution >= 4 is 22.1 Å². The topological polar surface area (TPSA) is 149 Å². The largest absolute Gasteiger partial charge is 0.508 e. The Morgan fingerprint density at radius 3 is 1.74 bits per heavy atom. The van der Waals surface area contributed by atoms with Crippen LogP contribution in [0, 0.1) is 0 Å². The highest BCUT2D eigenvalue weighted by atomic mass is 32.2. The zero-order valence-electron chi connectivity index (χ0n) is 9.50. The number of para-hydroxylation sites is 1. The van der Waals surface area contributed by atoms with Crippen molar-refractivity contribution in [3.05, 3.63) is 30.3 Å². The van der Waals surface area contributed by atoms with E-state index in [0.29, 0.717) is 5.75 Å². The zero-order valence-corrected chi connectivity index (χ0v) is 10.3. The molecule has 1 aromatic carbocycles. The van der Waals surface area contributed by atoms with Crippen molar-refractivity contribution < 1.29 is 37.9 Å². The first-order chi connectivity index (χ1) is 8.64. The molecule has 1 aromatic rings. The van der Waals surface area contributed by atoms with Gasteiger partial charge >= 0.3 is 11.9 Å². The number of carboxylic acids is 2. The molecule has 8 nitrogen and oxygen atoms in total. The number of aliphatic carboxylic acids is 2. The standard InChI is InChI=1S/C6H6O.C4H6O7S/c7-6-4-2-1-3-5-6;5-3(6)1-2(4(7)8)12(9,10)11/h1-5,7H;2H,1H2,(H,5,6)(H,7,8)(H,9,10,11). The van der Waals surface area contributed by atoms with Crippen molar-refractivity contribution in [2.45, 2.75) is 11.7 Å². The van der Waals surface area contributed by atoms with Crippen LogP contribution in [0.1, 0.15) is 6.42 Å². The quantitative estimate of drug-likeness (QED) is 0.574. The van der Waals surface area contributed by atoms with Gasteiger partial charge < -0.3 is 15.3 Å². The summed E-state index contributed by atoms with van der Waals surface area (Å²) in [5.41, 5.74) is 0. The summed E-state index contributed by atoms with van der Waals surface area (Å²) in [4.78, 5) is 20.0. The molecule has 0 aliphatic heterocycles. The molecule has 0 aromatic heterocycles. The van der Waals surface area contributed by atoms with Gasteiger partial charge in [0.1, 0.15) is 5.75 Å². The van der Waals surface area contributed by atoms with E-state index in [1.165, 1.54) is 0 Å². The van der Waals surface area contributed by atoms with Crippen LogP contribution < -0.4 is 0 Å². The molecule has 106 valence electrons. The van der Waals surface area contributed by atoms with Crippen molar-refractivity contribution in [2.24, 2.45) is 0 Å². The molecule has 0 fully saturated rings. The van der Waals surface area contributed by atoms with Gasteiger partial charge in [-0.1, -0.05) is 18.2 Å². The molecule has 0 saturated heterocycles. The van der Waals surface area contributed by atoms with Crippen LogP contribution in [0.25, 0.3) is 0 Å². The highest BCUT2D eigenvalue weighted by molar-refractivity contribution is 7.87. The van der Waals surface area contributed by atoms with Crippen molar-refractivity contribution in [1.82, 2.24) is 0 Å². The van der Waals surface area contributed by atoms with Gasteiger partial charge in [-0.05, 0) is 12.1 Å². The molecule has 0 aliphatic carbocycles. The van der Waals surface area contributed by atoms with Crippen LogP contribution in [0.2, 0.25) is 0 Å². The van der Waals surface area contributed by atoms with Crippen molar-refractivity contribution in [2.75, 3.05) is 0 Å². The Morgan fingerprint density at radius 1 is 1.11 bits per heavy atom. The predicted molar refractivity (Wildman–Crippen MR) is 63.3 cm³/mol. The van der Waals surface area contributed by atoms with Gasteiger partial charge in [0, 0.05) is 0 Å². The number of rotatable bonds is 4. The Morgan fingerprint density at radius 2 is 1.58 bits per heavy atom. The van der Waals surface area contributed by atoms with Gasteiger partial charge in [0.25, 0.3) is 10.1 Å². The highest BCUT2D eigenvalue weighted by Crippen LogP contribution is 2.04. The van der Waals surface area contributed by atoms with Crippen molar-refractivity contribution in [3.8, 4) is 5.75 Å². The number of aromatic hydroxyl groups is 1. The summed E-state index contributed by atoms with van der Waals surface area (Å²) < 4.78 is 28.7. The van der Waals surface area contributed by atoms with Crippen LogP contribution in [-0.4, -0.2) is 45.5 Å². The van der Waals surface area contributed by atoms with Gasteiger partial charge in [-0.25, -0.2) is 0 Å². The third-order valence-corrected chi connectivity index (χ3v) is 2.84. The Kier molecular flexibility index (Phi) is 6.51. The summed E-state index contributed by atoms with van der Waals surface area (Å²) in [6.45, 7) is 0. The first-order valence-electron chi connectivity index (χ1n) is 4.79. The molecule has 1 rings (SSSR count). The van der Waals surface area contributed by atoms with Crippen LogP contribution in [0.15, 0.2) is 30.3 Å². The third-order valence-electron chi connectivity index (χ3n) is 1.75. The number of hydrogen-bond acceptors (Lipinski definition) is 5. The van der Waals surface area contributed by atoms with Crippen LogP contribution in [0.5, 0.6) is 5.75 Å². The van der Waals surface area contributed by atoms with Crippen LogP contribution >= 0.6 is 0 Å². The molecule has 4 N–H and O–H groups in total. The summed E-state index contributed by atoms with van der Waals surface area (Å²) >= 11 is 0. The van der Waals surface area contributed by atoms with Crippen LogP contribution in [-0.2, 0) is 19.7 Å². The maximum atomic E-state index is 10.2. The summed E-state index contributed by atoms with van der Waals surface area (Å²) in [5, 5.41) is 22.5. The van der Waals surface area contributed by atoms with Gasteiger partial charge in [0.2, 0.25) is 0 Å². The molecule has 0 saturated carbocycles. The van der Waals surface area contributed by atoms with E-state index in [-0.39, 0.29) is 0 Å². The molecule has 0 amide bonds. The lowest BCUT2D eigenvalue weighted by Crippen LogP contribution is -2.31. The summed E-state index contributed by atoms with van der Waals surface area (Å²) in [6.07, 6.45) is -1.16.